The third-order valence-corrected chi connectivity index (χ3v) is 3.27. The van der Waals surface area contributed by atoms with Gasteiger partial charge in [-0.2, -0.15) is 5.10 Å². The van der Waals surface area contributed by atoms with Crippen LogP contribution in [0.25, 0.3) is 5.65 Å². The minimum absolute atomic E-state index is 0.584. The van der Waals surface area contributed by atoms with Crippen LogP contribution in [0.15, 0.2) is 42.5 Å². The quantitative estimate of drug-likeness (QED) is 0.729. The molecule has 0 N–H and O–H groups in total. The number of benzene rings is 1. The minimum atomic E-state index is 0.584. The summed E-state index contributed by atoms with van der Waals surface area (Å²) in [5, 5.41) is 4.49. The molecule has 0 saturated carbocycles. The van der Waals surface area contributed by atoms with E-state index in [9.17, 15) is 0 Å². The molecule has 102 valence electrons. The Morgan fingerprint density at radius 2 is 1.90 bits per heavy atom. The Morgan fingerprint density at radius 3 is 2.70 bits per heavy atom. The van der Waals surface area contributed by atoms with Gasteiger partial charge in [-0.25, -0.2) is 9.50 Å². The van der Waals surface area contributed by atoms with Crippen molar-refractivity contribution in [2.75, 3.05) is 6.61 Å². The third-order valence-electron chi connectivity index (χ3n) is 3.27. The van der Waals surface area contributed by atoms with Crippen LogP contribution in [-0.2, 0) is 6.42 Å². The van der Waals surface area contributed by atoms with E-state index in [4.69, 9.17) is 4.74 Å². The molecule has 0 spiro atoms. The second-order valence-electron chi connectivity index (χ2n) is 4.83. The molecule has 0 bridgehead atoms. The topological polar surface area (TPSA) is 39.4 Å². The number of ether oxygens (including phenoxy) is 1. The largest absolute Gasteiger partial charge is 0.493 e. The van der Waals surface area contributed by atoms with Crippen LogP contribution in [0.5, 0.6) is 5.75 Å². The SMILES string of the molecule is Cc1ccccc1OCCc1nc2cccc(C)n2n1. The van der Waals surface area contributed by atoms with Gasteiger partial charge in [-0.3, -0.25) is 0 Å². The summed E-state index contributed by atoms with van der Waals surface area (Å²) in [6, 6.07) is 14.0. The highest BCUT2D eigenvalue weighted by atomic mass is 16.5. The number of aromatic nitrogens is 3. The Kier molecular flexibility index (Phi) is 3.37. The van der Waals surface area contributed by atoms with E-state index in [0.717, 1.165) is 28.5 Å². The van der Waals surface area contributed by atoms with Gasteiger partial charge >= 0.3 is 0 Å². The fraction of sp³-hybridized carbons (Fsp3) is 0.250. The molecule has 4 nitrogen and oxygen atoms in total. The van der Waals surface area contributed by atoms with Crippen LogP contribution >= 0.6 is 0 Å². The lowest BCUT2D eigenvalue weighted by Gasteiger charge is -2.06. The molecule has 1 aromatic carbocycles. The van der Waals surface area contributed by atoms with Crippen LogP contribution in [0.2, 0.25) is 0 Å². The number of rotatable bonds is 4. The number of aryl methyl sites for hydroxylation is 2. The Morgan fingerprint density at radius 1 is 1.05 bits per heavy atom. The van der Waals surface area contributed by atoms with Gasteiger partial charge in [0.15, 0.2) is 11.5 Å². The highest BCUT2D eigenvalue weighted by Crippen LogP contribution is 2.16. The fourth-order valence-electron chi connectivity index (χ4n) is 2.16. The molecule has 3 rings (SSSR count). The van der Waals surface area contributed by atoms with E-state index in [1.807, 2.05) is 60.8 Å². The van der Waals surface area contributed by atoms with Crippen molar-refractivity contribution in [2.45, 2.75) is 20.3 Å². The maximum absolute atomic E-state index is 5.78. The molecule has 0 aliphatic rings. The van der Waals surface area contributed by atoms with Crippen LogP contribution in [-0.4, -0.2) is 21.2 Å². The van der Waals surface area contributed by atoms with Crippen LogP contribution in [0.1, 0.15) is 17.1 Å². The molecule has 0 aliphatic carbocycles. The zero-order valence-electron chi connectivity index (χ0n) is 11.7. The first-order valence-corrected chi connectivity index (χ1v) is 6.74. The number of hydrogen-bond donors (Lipinski definition) is 0. The molecule has 2 heterocycles. The molecule has 4 heteroatoms. The summed E-state index contributed by atoms with van der Waals surface area (Å²) >= 11 is 0. The summed E-state index contributed by atoms with van der Waals surface area (Å²) in [6.45, 7) is 4.65. The van der Waals surface area contributed by atoms with Crippen molar-refractivity contribution in [2.24, 2.45) is 0 Å². The fourth-order valence-corrected chi connectivity index (χ4v) is 2.16. The molecule has 0 amide bonds. The Hall–Kier alpha value is -2.36. The number of nitrogens with zero attached hydrogens (tertiary/aromatic N) is 3. The molecule has 20 heavy (non-hydrogen) atoms. The average molecular weight is 267 g/mol. The zero-order chi connectivity index (χ0) is 13.9. The van der Waals surface area contributed by atoms with Crippen LogP contribution < -0.4 is 4.74 Å². The normalized spacial score (nSPS) is 10.9. The summed E-state index contributed by atoms with van der Waals surface area (Å²) in [5.41, 5.74) is 3.11. The second-order valence-corrected chi connectivity index (χ2v) is 4.83. The van der Waals surface area contributed by atoms with E-state index in [1.54, 1.807) is 0 Å². The molecule has 0 atom stereocenters. The van der Waals surface area contributed by atoms with Crippen molar-refractivity contribution >= 4 is 5.65 Å². The molecular formula is C16H17N3O. The summed E-state index contributed by atoms with van der Waals surface area (Å²) in [7, 11) is 0. The third kappa shape index (κ3) is 2.50. The van der Waals surface area contributed by atoms with Crippen LogP contribution in [0.4, 0.5) is 0 Å². The Balaban J connectivity index is 1.68. The number of hydrogen-bond acceptors (Lipinski definition) is 3. The zero-order valence-corrected chi connectivity index (χ0v) is 11.7. The van der Waals surface area contributed by atoms with Gasteiger partial charge < -0.3 is 4.74 Å². The maximum Gasteiger partial charge on any atom is 0.155 e. The lowest BCUT2D eigenvalue weighted by Crippen LogP contribution is -2.04. The predicted octanol–water partition coefficient (Wildman–Crippen LogP) is 2.97. The predicted molar refractivity (Wildman–Crippen MR) is 78.1 cm³/mol. The van der Waals surface area contributed by atoms with E-state index in [-0.39, 0.29) is 0 Å². The Bertz CT molecular complexity index is 733. The molecule has 0 saturated heterocycles. The van der Waals surface area contributed by atoms with Crippen LogP contribution in [0.3, 0.4) is 0 Å². The van der Waals surface area contributed by atoms with E-state index >= 15 is 0 Å². The van der Waals surface area contributed by atoms with E-state index < -0.39 is 0 Å². The molecule has 0 fully saturated rings. The lowest BCUT2D eigenvalue weighted by atomic mass is 10.2. The number of para-hydroxylation sites is 1. The van der Waals surface area contributed by atoms with Gasteiger partial charge in [-0.05, 0) is 37.6 Å². The monoisotopic (exact) mass is 267 g/mol. The summed E-state index contributed by atoms with van der Waals surface area (Å²) < 4.78 is 7.64. The highest BCUT2D eigenvalue weighted by molar-refractivity contribution is 5.38. The van der Waals surface area contributed by atoms with Crippen molar-refractivity contribution in [1.29, 1.82) is 0 Å². The van der Waals surface area contributed by atoms with Gasteiger partial charge in [0.2, 0.25) is 0 Å². The number of pyridine rings is 1. The summed E-state index contributed by atoms with van der Waals surface area (Å²) in [6.07, 6.45) is 0.704. The van der Waals surface area contributed by atoms with Crippen molar-refractivity contribution < 1.29 is 4.74 Å². The molecule has 2 aromatic heterocycles. The Labute approximate surface area is 118 Å². The average Bonchev–Trinajstić information content (AvgIpc) is 2.85. The molecule has 0 radical (unpaired) electrons. The van der Waals surface area contributed by atoms with Crippen molar-refractivity contribution in [3.63, 3.8) is 0 Å². The van der Waals surface area contributed by atoms with Crippen LogP contribution in [0, 0.1) is 13.8 Å². The van der Waals surface area contributed by atoms with Gasteiger partial charge in [0.25, 0.3) is 0 Å². The smallest absolute Gasteiger partial charge is 0.155 e. The van der Waals surface area contributed by atoms with Gasteiger partial charge in [0.05, 0.1) is 6.61 Å². The van der Waals surface area contributed by atoms with Gasteiger partial charge in [-0.15, -0.1) is 0 Å². The van der Waals surface area contributed by atoms with Gasteiger partial charge in [0.1, 0.15) is 5.75 Å². The van der Waals surface area contributed by atoms with Gasteiger partial charge in [0, 0.05) is 12.1 Å². The van der Waals surface area contributed by atoms with E-state index in [1.165, 1.54) is 0 Å². The maximum atomic E-state index is 5.78. The molecule has 3 aromatic rings. The van der Waals surface area contributed by atoms with Gasteiger partial charge in [-0.1, -0.05) is 24.3 Å². The van der Waals surface area contributed by atoms with Crippen molar-refractivity contribution in [3.05, 3.63) is 59.5 Å². The highest BCUT2D eigenvalue weighted by Gasteiger charge is 2.05. The summed E-state index contributed by atoms with van der Waals surface area (Å²) in [4.78, 5) is 4.50. The van der Waals surface area contributed by atoms with Crippen molar-refractivity contribution in [1.82, 2.24) is 14.6 Å². The summed E-state index contributed by atoms with van der Waals surface area (Å²) in [5.74, 6) is 1.74. The molecule has 0 unspecified atom stereocenters. The first kappa shape index (κ1) is 12.7. The minimum Gasteiger partial charge on any atom is -0.493 e. The standard InChI is InChI=1S/C16H17N3O/c1-12-6-3-4-8-14(12)20-11-10-15-17-16-9-5-7-13(2)19(16)18-15/h3-9H,10-11H2,1-2H3. The number of fused-ring (bicyclic) bond motifs is 1. The molecular weight excluding hydrogens is 250 g/mol. The molecule has 0 aliphatic heterocycles. The first-order valence-electron chi connectivity index (χ1n) is 6.74. The van der Waals surface area contributed by atoms with Crippen molar-refractivity contribution in [3.8, 4) is 5.75 Å². The van der Waals surface area contributed by atoms with E-state index in [2.05, 4.69) is 10.1 Å². The lowest BCUT2D eigenvalue weighted by molar-refractivity contribution is 0.317. The second kappa shape index (κ2) is 5.33. The van der Waals surface area contributed by atoms with E-state index in [0.29, 0.717) is 13.0 Å². The first-order chi connectivity index (χ1) is 9.74.